The summed E-state index contributed by atoms with van der Waals surface area (Å²) < 4.78 is 4.17. The highest BCUT2D eigenvalue weighted by Gasteiger charge is 2.06. The summed E-state index contributed by atoms with van der Waals surface area (Å²) in [6.45, 7) is 0. The largest absolute Gasteiger partial charge is 0.300 e. The number of rotatable bonds is 0. The van der Waals surface area contributed by atoms with Crippen molar-refractivity contribution in [3.63, 3.8) is 0 Å². The Bertz CT molecular complexity index is 323. The first-order valence-electron chi connectivity index (χ1n) is 3.72. The summed E-state index contributed by atoms with van der Waals surface area (Å²) in [5.74, 6) is 1.11. The van der Waals surface area contributed by atoms with Crippen molar-refractivity contribution in [1.29, 1.82) is 0 Å². The van der Waals surface area contributed by atoms with Crippen LogP contribution in [0.25, 0.3) is 0 Å². The van der Waals surface area contributed by atoms with E-state index in [0.29, 0.717) is 6.42 Å². The van der Waals surface area contributed by atoms with Crippen LogP contribution in [0.1, 0.15) is 6.42 Å². The first-order valence-corrected chi connectivity index (χ1v) is 5.54. The lowest BCUT2D eigenvalue weighted by Gasteiger charge is -1.78. The summed E-state index contributed by atoms with van der Waals surface area (Å²) in [4.78, 5) is 20.5. The smallest absolute Gasteiger partial charge is 0.260 e. The first kappa shape index (κ1) is 10.3. The van der Waals surface area contributed by atoms with E-state index < -0.39 is 0 Å². The maximum atomic E-state index is 10.4. The van der Waals surface area contributed by atoms with Gasteiger partial charge in [-0.3, -0.25) is 13.5 Å². The topological polar surface area (TPSA) is 51.1 Å². The molecule has 1 N–H and O–H groups in total. The fraction of sp³-hybridized carbons (Fsp3) is 0.429. The summed E-state index contributed by atoms with van der Waals surface area (Å²) in [5.41, 5.74) is 0.0741. The maximum absolute atomic E-state index is 10.4. The summed E-state index contributed by atoms with van der Waals surface area (Å²) in [5, 5.41) is 1.77. The number of amides is 1. The van der Waals surface area contributed by atoms with Crippen molar-refractivity contribution < 1.29 is 4.79 Å². The Morgan fingerprint density at radius 2 is 2.31 bits per heavy atom. The fourth-order valence-corrected chi connectivity index (χ4v) is 1.84. The van der Waals surface area contributed by atoms with Gasteiger partial charge in [0.1, 0.15) is 0 Å². The third-order valence-electron chi connectivity index (χ3n) is 1.36. The van der Waals surface area contributed by atoms with E-state index in [9.17, 15) is 9.59 Å². The van der Waals surface area contributed by atoms with Crippen molar-refractivity contribution in [2.24, 2.45) is 7.05 Å². The van der Waals surface area contributed by atoms with Crippen LogP contribution in [0.5, 0.6) is 0 Å². The SMILES string of the molecule is Cn1sccc1=O.O=C1CCSN1. The second-order valence-corrected chi connectivity index (χ2v) is 4.30. The maximum Gasteiger partial charge on any atom is 0.260 e. The van der Waals surface area contributed by atoms with Gasteiger partial charge in [0, 0.05) is 30.7 Å². The van der Waals surface area contributed by atoms with E-state index in [4.69, 9.17) is 0 Å². The standard InChI is InChI=1S/C4H5NOS.C3H5NOS/c1-5-4(6)2-3-7-5;5-3-1-2-6-4-3/h2-3H,1H3;1-2H2,(H,4,5). The molecular formula is C7H10N2O2S2. The molecule has 0 unspecified atom stereocenters. The number of aryl methyl sites for hydroxylation is 1. The van der Waals surface area contributed by atoms with Gasteiger partial charge in [0.25, 0.3) is 5.56 Å². The van der Waals surface area contributed by atoms with Crippen LogP contribution < -0.4 is 10.3 Å². The molecule has 0 saturated carbocycles. The lowest BCUT2D eigenvalue weighted by Crippen LogP contribution is -2.05. The molecule has 1 amide bonds. The number of carbonyl (C=O) groups excluding carboxylic acids is 1. The molecule has 0 aliphatic carbocycles. The summed E-state index contributed by atoms with van der Waals surface area (Å²) in [7, 11) is 1.74. The van der Waals surface area contributed by atoms with Gasteiger partial charge in [0.15, 0.2) is 0 Å². The van der Waals surface area contributed by atoms with Crippen LogP contribution in [-0.4, -0.2) is 15.6 Å². The van der Waals surface area contributed by atoms with Crippen molar-refractivity contribution in [2.75, 3.05) is 5.75 Å². The van der Waals surface area contributed by atoms with Gasteiger partial charge < -0.3 is 4.72 Å². The molecule has 0 atom stereocenters. The molecule has 0 spiro atoms. The number of nitrogens with one attached hydrogen (secondary N) is 1. The molecule has 1 aromatic rings. The van der Waals surface area contributed by atoms with E-state index in [0.717, 1.165) is 5.75 Å². The van der Waals surface area contributed by atoms with Gasteiger partial charge in [-0.1, -0.05) is 11.5 Å². The van der Waals surface area contributed by atoms with Gasteiger partial charge in [-0.2, -0.15) is 0 Å². The normalized spacial score (nSPS) is 14.7. The molecule has 1 aliphatic heterocycles. The van der Waals surface area contributed by atoms with E-state index in [2.05, 4.69) is 4.72 Å². The second kappa shape index (κ2) is 5.08. The van der Waals surface area contributed by atoms with Crippen molar-refractivity contribution in [3.05, 3.63) is 21.8 Å². The molecule has 0 radical (unpaired) electrons. The summed E-state index contributed by atoms with van der Waals surface area (Å²) in [6, 6.07) is 1.55. The van der Waals surface area contributed by atoms with Crippen molar-refractivity contribution in [2.45, 2.75) is 6.42 Å². The van der Waals surface area contributed by atoms with Gasteiger partial charge in [0.05, 0.1) is 0 Å². The van der Waals surface area contributed by atoms with Crippen molar-refractivity contribution >= 4 is 29.4 Å². The Morgan fingerprint density at radius 3 is 2.46 bits per heavy atom. The fourth-order valence-electron chi connectivity index (χ4n) is 0.663. The highest BCUT2D eigenvalue weighted by atomic mass is 32.2. The molecule has 4 nitrogen and oxygen atoms in total. The average molecular weight is 218 g/mol. The lowest BCUT2D eigenvalue weighted by molar-refractivity contribution is -0.118. The monoisotopic (exact) mass is 218 g/mol. The van der Waals surface area contributed by atoms with Gasteiger partial charge in [-0.15, -0.1) is 0 Å². The van der Waals surface area contributed by atoms with Crippen LogP contribution in [0.2, 0.25) is 0 Å². The minimum absolute atomic E-state index is 0.0741. The van der Waals surface area contributed by atoms with Crippen LogP contribution in [0.4, 0.5) is 0 Å². The molecule has 2 heterocycles. The summed E-state index contributed by atoms with van der Waals surface area (Å²) in [6.07, 6.45) is 0.699. The van der Waals surface area contributed by atoms with Crippen LogP contribution in [0.15, 0.2) is 16.2 Å². The zero-order chi connectivity index (χ0) is 9.68. The molecular weight excluding hydrogens is 208 g/mol. The molecule has 1 aliphatic rings. The zero-order valence-electron chi connectivity index (χ0n) is 7.15. The van der Waals surface area contributed by atoms with E-state index in [-0.39, 0.29) is 11.5 Å². The van der Waals surface area contributed by atoms with Gasteiger partial charge in [0.2, 0.25) is 5.91 Å². The molecule has 2 rings (SSSR count). The third-order valence-corrected chi connectivity index (χ3v) is 2.89. The highest BCUT2D eigenvalue weighted by molar-refractivity contribution is 7.98. The van der Waals surface area contributed by atoms with Gasteiger partial charge in [-0.25, -0.2) is 0 Å². The lowest BCUT2D eigenvalue weighted by atomic mass is 10.5. The van der Waals surface area contributed by atoms with E-state index in [1.165, 1.54) is 23.5 Å². The highest BCUT2D eigenvalue weighted by Crippen LogP contribution is 2.04. The van der Waals surface area contributed by atoms with E-state index in [1.54, 1.807) is 22.5 Å². The van der Waals surface area contributed by atoms with Crippen molar-refractivity contribution in [3.8, 4) is 0 Å². The van der Waals surface area contributed by atoms with Crippen LogP contribution in [-0.2, 0) is 11.8 Å². The third kappa shape index (κ3) is 3.65. The Kier molecular flexibility index (Phi) is 4.04. The van der Waals surface area contributed by atoms with Gasteiger partial charge >= 0.3 is 0 Å². The number of nitrogens with zero attached hydrogens (tertiary/aromatic N) is 1. The Labute approximate surface area is 84.2 Å². The molecule has 13 heavy (non-hydrogen) atoms. The molecule has 72 valence electrons. The Morgan fingerprint density at radius 1 is 1.54 bits per heavy atom. The molecule has 0 aromatic carbocycles. The number of carbonyl (C=O) groups is 1. The van der Waals surface area contributed by atoms with Crippen molar-refractivity contribution in [1.82, 2.24) is 8.68 Å². The first-order chi connectivity index (χ1) is 6.20. The van der Waals surface area contributed by atoms with E-state index in [1.807, 2.05) is 0 Å². The minimum Gasteiger partial charge on any atom is -0.300 e. The Balaban J connectivity index is 0.000000132. The zero-order valence-corrected chi connectivity index (χ0v) is 8.78. The predicted octanol–water partition coefficient (Wildman–Crippen LogP) is 0.601. The molecule has 1 saturated heterocycles. The van der Waals surface area contributed by atoms with E-state index >= 15 is 0 Å². The molecule has 0 bridgehead atoms. The van der Waals surface area contributed by atoms with Gasteiger partial charge in [-0.05, 0) is 11.9 Å². The Hall–Kier alpha value is -0.750. The molecule has 1 aromatic heterocycles. The number of hydrogen-bond donors (Lipinski definition) is 1. The molecule has 1 fully saturated rings. The average Bonchev–Trinajstić information content (AvgIpc) is 2.67. The second-order valence-electron chi connectivity index (χ2n) is 2.37. The quantitative estimate of drug-likeness (QED) is 0.649. The minimum atomic E-state index is 0.0741. The number of hydrogen-bond acceptors (Lipinski definition) is 4. The predicted molar refractivity (Wildman–Crippen MR) is 54.8 cm³/mol. The summed E-state index contributed by atoms with van der Waals surface area (Å²) >= 11 is 2.89. The molecule has 6 heteroatoms. The van der Waals surface area contributed by atoms with Crippen LogP contribution >= 0.6 is 23.5 Å². The van der Waals surface area contributed by atoms with Crippen LogP contribution in [0.3, 0.4) is 0 Å². The number of aromatic nitrogens is 1. The van der Waals surface area contributed by atoms with Crippen LogP contribution in [0, 0.1) is 0 Å².